The fraction of sp³-hybridized carbons (Fsp3) is 0.429. The van der Waals surface area contributed by atoms with Crippen molar-refractivity contribution in [1.29, 1.82) is 0 Å². The van der Waals surface area contributed by atoms with Gasteiger partial charge in [-0.2, -0.15) is 0 Å². The van der Waals surface area contributed by atoms with E-state index in [1.165, 1.54) is 53.4 Å². The van der Waals surface area contributed by atoms with E-state index in [4.69, 9.17) is 0 Å². The first-order valence-corrected chi connectivity index (χ1v) is 5.86. The third-order valence-corrected chi connectivity index (χ3v) is 3.71. The van der Waals surface area contributed by atoms with Gasteiger partial charge in [-0.1, -0.05) is 0 Å². The first-order chi connectivity index (χ1) is 7.25. The summed E-state index contributed by atoms with van der Waals surface area (Å²) in [4.78, 5) is 3.58. The van der Waals surface area contributed by atoms with Gasteiger partial charge in [-0.25, -0.2) is 0 Å². The Hall–Kier alpha value is -1.24. The monoisotopic (exact) mass is 199 g/mol. The highest BCUT2D eigenvalue weighted by Gasteiger charge is 2.15. The van der Waals surface area contributed by atoms with Gasteiger partial charge in [0.05, 0.1) is 0 Å². The number of H-pyrrole nitrogens is 1. The van der Waals surface area contributed by atoms with Crippen LogP contribution in [0, 0.1) is 13.8 Å². The van der Waals surface area contributed by atoms with Crippen LogP contribution in [0.15, 0.2) is 12.1 Å². The molecule has 15 heavy (non-hydrogen) atoms. The molecule has 2 aromatic rings. The number of aryl methyl sites for hydroxylation is 4. The van der Waals surface area contributed by atoms with E-state index < -0.39 is 0 Å². The molecular weight excluding hydrogens is 182 g/mol. The van der Waals surface area contributed by atoms with E-state index in [0.29, 0.717) is 0 Å². The van der Waals surface area contributed by atoms with E-state index in [-0.39, 0.29) is 0 Å². The molecule has 78 valence electrons. The number of benzene rings is 1. The maximum absolute atomic E-state index is 3.58. The summed E-state index contributed by atoms with van der Waals surface area (Å²) < 4.78 is 0. The minimum atomic E-state index is 1.24. The van der Waals surface area contributed by atoms with Crippen LogP contribution >= 0.6 is 0 Å². The fourth-order valence-electron chi connectivity index (χ4n) is 2.67. The van der Waals surface area contributed by atoms with Crippen LogP contribution in [-0.4, -0.2) is 4.98 Å². The summed E-state index contributed by atoms with van der Waals surface area (Å²) in [5, 5.41) is 1.47. The number of hydrogen-bond donors (Lipinski definition) is 1. The summed E-state index contributed by atoms with van der Waals surface area (Å²) in [5.41, 5.74) is 7.21. The van der Waals surface area contributed by atoms with Crippen molar-refractivity contribution in [2.75, 3.05) is 0 Å². The van der Waals surface area contributed by atoms with E-state index in [0.717, 1.165) is 0 Å². The SMILES string of the molecule is Cc1cc2[nH]c3c(c2cc1C)CCCC3. The van der Waals surface area contributed by atoms with Crippen molar-refractivity contribution >= 4 is 10.9 Å². The van der Waals surface area contributed by atoms with Gasteiger partial charge < -0.3 is 4.98 Å². The van der Waals surface area contributed by atoms with Gasteiger partial charge in [0.25, 0.3) is 0 Å². The molecule has 0 aliphatic heterocycles. The molecule has 1 aromatic heterocycles. The molecule has 0 spiro atoms. The predicted octanol–water partition coefficient (Wildman–Crippen LogP) is 3.66. The number of nitrogens with one attached hydrogen (secondary N) is 1. The minimum Gasteiger partial charge on any atom is -0.358 e. The summed E-state index contributed by atoms with van der Waals surface area (Å²) in [7, 11) is 0. The standard InChI is InChI=1S/C14H17N/c1-9-7-12-11-5-3-4-6-13(11)15-14(12)8-10(9)2/h7-8,15H,3-6H2,1-2H3. The van der Waals surface area contributed by atoms with Gasteiger partial charge in [-0.05, 0) is 68.4 Å². The van der Waals surface area contributed by atoms with Gasteiger partial charge in [0.2, 0.25) is 0 Å². The topological polar surface area (TPSA) is 15.8 Å². The molecule has 1 aromatic carbocycles. The zero-order valence-electron chi connectivity index (χ0n) is 9.48. The van der Waals surface area contributed by atoms with Gasteiger partial charge in [0.1, 0.15) is 0 Å². The van der Waals surface area contributed by atoms with E-state index in [1.807, 2.05) is 0 Å². The Morgan fingerprint density at radius 1 is 1.00 bits per heavy atom. The van der Waals surface area contributed by atoms with Crippen molar-refractivity contribution in [2.45, 2.75) is 39.5 Å². The normalized spacial score (nSPS) is 15.6. The Kier molecular flexibility index (Phi) is 1.88. The quantitative estimate of drug-likeness (QED) is 0.666. The number of hydrogen-bond acceptors (Lipinski definition) is 0. The Balaban J connectivity index is 2.33. The molecule has 0 bridgehead atoms. The highest BCUT2D eigenvalue weighted by Crippen LogP contribution is 2.30. The lowest BCUT2D eigenvalue weighted by Crippen LogP contribution is -1.99. The molecule has 0 saturated carbocycles. The summed E-state index contributed by atoms with van der Waals surface area (Å²) >= 11 is 0. The summed E-state index contributed by atoms with van der Waals surface area (Å²) in [6.45, 7) is 4.39. The van der Waals surface area contributed by atoms with Crippen molar-refractivity contribution in [3.8, 4) is 0 Å². The maximum Gasteiger partial charge on any atom is 0.0461 e. The molecule has 0 radical (unpaired) electrons. The van der Waals surface area contributed by atoms with Crippen LogP contribution in [0.5, 0.6) is 0 Å². The molecule has 1 aliphatic rings. The molecule has 1 heterocycles. The number of aromatic amines is 1. The van der Waals surface area contributed by atoms with Crippen LogP contribution in [0.1, 0.15) is 35.2 Å². The molecule has 0 atom stereocenters. The van der Waals surface area contributed by atoms with Gasteiger partial charge in [0.15, 0.2) is 0 Å². The van der Waals surface area contributed by atoms with Gasteiger partial charge >= 0.3 is 0 Å². The maximum atomic E-state index is 3.58. The van der Waals surface area contributed by atoms with Gasteiger partial charge in [0, 0.05) is 16.6 Å². The molecule has 1 N–H and O–H groups in total. The van der Waals surface area contributed by atoms with E-state index in [9.17, 15) is 0 Å². The second-order valence-corrected chi connectivity index (χ2v) is 4.77. The second-order valence-electron chi connectivity index (χ2n) is 4.77. The van der Waals surface area contributed by atoms with Crippen LogP contribution in [0.3, 0.4) is 0 Å². The van der Waals surface area contributed by atoms with Gasteiger partial charge in [-0.15, -0.1) is 0 Å². The van der Waals surface area contributed by atoms with Crippen LogP contribution < -0.4 is 0 Å². The number of rotatable bonds is 0. The zero-order valence-corrected chi connectivity index (χ0v) is 9.48. The first kappa shape index (κ1) is 9.02. The fourth-order valence-corrected chi connectivity index (χ4v) is 2.67. The van der Waals surface area contributed by atoms with E-state index in [2.05, 4.69) is 31.0 Å². The van der Waals surface area contributed by atoms with Crippen LogP contribution in [-0.2, 0) is 12.8 Å². The number of aromatic nitrogens is 1. The highest BCUT2D eigenvalue weighted by atomic mass is 14.7. The lowest BCUT2D eigenvalue weighted by atomic mass is 9.94. The van der Waals surface area contributed by atoms with Crippen molar-refractivity contribution in [3.05, 3.63) is 34.5 Å². The predicted molar refractivity (Wildman–Crippen MR) is 64.4 cm³/mol. The van der Waals surface area contributed by atoms with Crippen LogP contribution in [0.25, 0.3) is 10.9 Å². The average Bonchev–Trinajstić information content (AvgIpc) is 2.57. The largest absolute Gasteiger partial charge is 0.358 e. The molecule has 1 aliphatic carbocycles. The second kappa shape index (κ2) is 3.13. The lowest BCUT2D eigenvalue weighted by molar-refractivity contribution is 0.680. The zero-order chi connectivity index (χ0) is 10.4. The summed E-state index contributed by atoms with van der Waals surface area (Å²) in [5.74, 6) is 0. The van der Waals surface area contributed by atoms with Crippen molar-refractivity contribution < 1.29 is 0 Å². The molecule has 0 fully saturated rings. The molecule has 1 heteroatoms. The smallest absolute Gasteiger partial charge is 0.0461 e. The molecule has 0 unspecified atom stereocenters. The number of fused-ring (bicyclic) bond motifs is 3. The first-order valence-electron chi connectivity index (χ1n) is 5.86. The van der Waals surface area contributed by atoms with Crippen molar-refractivity contribution in [3.63, 3.8) is 0 Å². The molecule has 3 rings (SSSR count). The molecular formula is C14H17N. The molecule has 1 nitrogen and oxygen atoms in total. The lowest BCUT2D eigenvalue weighted by Gasteiger charge is -2.10. The Labute approximate surface area is 90.5 Å². The van der Waals surface area contributed by atoms with E-state index >= 15 is 0 Å². The van der Waals surface area contributed by atoms with Gasteiger partial charge in [-0.3, -0.25) is 0 Å². The van der Waals surface area contributed by atoms with Crippen LogP contribution in [0.2, 0.25) is 0 Å². The van der Waals surface area contributed by atoms with E-state index in [1.54, 1.807) is 5.56 Å². The Bertz CT molecular complexity index is 520. The Morgan fingerprint density at radius 2 is 1.73 bits per heavy atom. The average molecular weight is 199 g/mol. The molecule has 0 amide bonds. The summed E-state index contributed by atoms with van der Waals surface area (Å²) in [6, 6.07) is 4.65. The third kappa shape index (κ3) is 1.30. The molecule has 0 saturated heterocycles. The third-order valence-electron chi connectivity index (χ3n) is 3.71. The Morgan fingerprint density at radius 3 is 2.60 bits per heavy atom. The minimum absolute atomic E-state index is 1.24. The van der Waals surface area contributed by atoms with Crippen LogP contribution in [0.4, 0.5) is 0 Å². The van der Waals surface area contributed by atoms with Crippen molar-refractivity contribution in [1.82, 2.24) is 4.98 Å². The highest BCUT2D eigenvalue weighted by molar-refractivity contribution is 5.86. The summed E-state index contributed by atoms with van der Waals surface area (Å²) in [6.07, 6.45) is 5.20. The van der Waals surface area contributed by atoms with Crippen molar-refractivity contribution in [2.24, 2.45) is 0 Å².